The SMILES string of the molecule is Nc1csc(S(=O)(=O)Nc2cc(F)c(Br)cc2F)c1. The topological polar surface area (TPSA) is 72.2 Å². The maximum absolute atomic E-state index is 13.5. The van der Waals surface area contributed by atoms with Crippen molar-refractivity contribution >= 4 is 48.7 Å². The molecule has 0 unspecified atom stereocenters. The van der Waals surface area contributed by atoms with Gasteiger partial charge in [0, 0.05) is 17.1 Å². The largest absolute Gasteiger partial charge is 0.398 e. The molecule has 2 aromatic rings. The first kappa shape index (κ1) is 14.2. The normalized spacial score (nSPS) is 11.5. The number of sulfonamides is 1. The van der Waals surface area contributed by atoms with Gasteiger partial charge in [0.15, 0.2) is 0 Å². The molecule has 1 heterocycles. The van der Waals surface area contributed by atoms with Crippen LogP contribution in [0.15, 0.2) is 32.3 Å². The van der Waals surface area contributed by atoms with Crippen LogP contribution in [0.3, 0.4) is 0 Å². The number of nitrogen functional groups attached to an aromatic ring is 1. The first-order valence-corrected chi connectivity index (χ1v) is 7.96. The molecule has 0 bridgehead atoms. The van der Waals surface area contributed by atoms with Crippen LogP contribution in [-0.2, 0) is 10.0 Å². The first-order valence-electron chi connectivity index (χ1n) is 4.81. The van der Waals surface area contributed by atoms with Gasteiger partial charge in [-0.05, 0) is 28.1 Å². The lowest BCUT2D eigenvalue weighted by Crippen LogP contribution is -2.13. The van der Waals surface area contributed by atoms with Crippen molar-refractivity contribution in [3.05, 3.63) is 39.7 Å². The van der Waals surface area contributed by atoms with Crippen molar-refractivity contribution in [2.24, 2.45) is 0 Å². The van der Waals surface area contributed by atoms with Crippen molar-refractivity contribution < 1.29 is 17.2 Å². The molecule has 0 saturated carbocycles. The zero-order valence-corrected chi connectivity index (χ0v) is 12.4. The lowest BCUT2D eigenvalue weighted by molar-refractivity contribution is 0.592. The molecule has 0 fully saturated rings. The second-order valence-corrected chi connectivity index (χ2v) is 7.23. The van der Waals surface area contributed by atoms with Gasteiger partial charge in [-0.25, -0.2) is 17.2 Å². The zero-order valence-electron chi connectivity index (χ0n) is 9.15. The summed E-state index contributed by atoms with van der Waals surface area (Å²) in [5, 5.41) is 1.44. The molecule has 0 aliphatic carbocycles. The van der Waals surface area contributed by atoms with Crippen molar-refractivity contribution in [2.75, 3.05) is 10.5 Å². The first-order chi connectivity index (χ1) is 8.79. The molecule has 3 N–H and O–H groups in total. The quantitative estimate of drug-likeness (QED) is 0.817. The molecular weight excluding hydrogens is 362 g/mol. The molecular formula is C10H7BrF2N2O2S2. The van der Waals surface area contributed by atoms with Crippen LogP contribution in [0.5, 0.6) is 0 Å². The van der Waals surface area contributed by atoms with Gasteiger partial charge in [-0.2, -0.15) is 0 Å². The molecule has 9 heteroatoms. The zero-order chi connectivity index (χ0) is 14.2. The van der Waals surface area contributed by atoms with Crippen molar-refractivity contribution in [3.8, 4) is 0 Å². The van der Waals surface area contributed by atoms with E-state index in [9.17, 15) is 17.2 Å². The van der Waals surface area contributed by atoms with Crippen LogP contribution in [0.1, 0.15) is 0 Å². The number of thiophene rings is 1. The summed E-state index contributed by atoms with van der Waals surface area (Å²) in [5.74, 6) is -1.66. The van der Waals surface area contributed by atoms with Crippen LogP contribution >= 0.6 is 27.3 Å². The van der Waals surface area contributed by atoms with Crippen LogP contribution in [-0.4, -0.2) is 8.42 Å². The van der Waals surface area contributed by atoms with Crippen LogP contribution in [0, 0.1) is 11.6 Å². The third-order valence-electron chi connectivity index (χ3n) is 2.11. The van der Waals surface area contributed by atoms with E-state index >= 15 is 0 Å². The highest BCUT2D eigenvalue weighted by molar-refractivity contribution is 9.10. The van der Waals surface area contributed by atoms with E-state index in [-0.39, 0.29) is 14.4 Å². The van der Waals surface area contributed by atoms with Gasteiger partial charge in [-0.3, -0.25) is 4.72 Å². The Kier molecular flexibility index (Phi) is 3.79. The molecule has 0 aliphatic rings. The number of nitrogens with two attached hydrogens (primary N) is 1. The maximum Gasteiger partial charge on any atom is 0.271 e. The Morgan fingerprint density at radius 1 is 1.21 bits per heavy atom. The number of hydrogen-bond acceptors (Lipinski definition) is 4. The third kappa shape index (κ3) is 3.04. The maximum atomic E-state index is 13.5. The molecule has 0 saturated heterocycles. The van der Waals surface area contributed by atoms with E-state index in [2.05, 4.69) is 15.9 Å². The van der Waals surface area contributed by atoms with Crippen molar-refractivity contribution in [1.82, 2.24) is 0 Å². The number of benzene rings is 1. The standard InChI is InChI=1S/C10H7BrF2N2O2S2/c11-6-2-8(13)9(3-7(6)12)15-19(16,17)10-1-5(14)4-18-10/h1-4,15H,14H2. The molecule has 1 aromatic carbocycles. The number of hydrogen-bond donors (Lipinski definition) is 2. The summed E-state index contributed by atoms with van der Waals surface area (Å²) >= 11 is 3.69. The molecule has 1 aromatic heterocycles. The van der Waals surface area contributed by atoms with Crippen molar-refractivity contribution in [1.29, 1.82) is 0 Å². The molecule has 0 radical (unpaired) electrons. The Balaban J connectivity index is 2.38. The fraction of sp³-hybridized carbons (Fsp3) is 0. The fourth-order valence-electron chi connectivity index (χ4n) is 1.27. The minimum atomic E-state index is -3.98. The molecule has 4 nitrogen and oxygen atoms in total. The van der Waals surface area contributed by atoms with Gasteiger partial charge in [0.1, 0.15) is 15.8 Å². The lowest BCUT2D eigenvalue weighted by atomic mass is 10.3. The molecule has 19 heavy (non-hydrogen) atoms. The summed E-state index contributed by atoms with van der Waals surface area (Å²) < 4.78 is 52.4. The van der Waals surface area contributed by atoms with Crippen molar-refractivity contribution in [3.63, 3.8) is 0 Å². The Hall–Kier alpha value is -1.19. The minimum absolute atomic E-state index is 0.0762. The molecule has 102 valence electrons. The van der Waals surface area contributed by atoms with Gasteiger partial charge in [-0.1, -0.05) is 0 Å². The van der Waals surface area contributed by atoms with E-state index in [1.165, 1.54) is 11.4 Å². The summed E-state index contributed by atoms with van der Waals surface area (Å²) in [4.78, 5) is 0. The van der Waals surface area contributed by atoms with Gasteiger partial charge in [0.25, 0.3) is 10.0 Å². The highest BCUT2D eigenvalue weighted by Crippen LogP contribution is 2.28. The van der Waals surface area contributed by atoms with E-state index in [0.717, 1.165) is 23.5 Å². The lowest BCUT2D eigenvalue weighted by Gasteiger charge is -2.08. The number of anilines is 2. The summed E-state index contributed by atoms with van der Waals surface area (Å²) in [6.07, 6.45) is 0. The van der Waals surface area contributed by atoms with E-state index in [1.807, 2.05) is 4.72 Å². The summed E-state index contributed by atoms with van der Waals surface area (Å²) in [6, 6.07) is 2.84. The van der Waals surface area contributed by atoms with E-state index in [4.69, 9.17) is 5.73 Å². The predicted molar refractivity (Wildman–Crippen MR) is 73.6 cm³/mol. The van der Waals surface area contributed by atoms with Gasteiger partial charge in [-0.15, -0.1) is 11.3 Å². The summed E-state index contributed by atoms with van der Waals surface area (Å²) in [7, 11) is -3.98. The second-order valence-electron chi connectivity index (χ2n) is 3.55. The second kappa shape index (κ2) is 5.06. The Morgan fingerprint density at radius 2 is 1.89 bits per heavy atom. The van der Waals surface area contributed by atoms with Gasteiger partial charge in [0.2, 0.25) is 0 Å². The molecule has 0 aliphatic heterocycles. The summed E-state index contributed by atoms with van der Waals surface area (Å²) in [5.41, 5.74) is 5.24. The van der Waals surface area contributed by atoms with Crippen LogP contribution in [0.25, 0.3) is 0 Å². The molecule has 0 spiro atoms. The molecule has 2 rings (SSSR count). The summed E-state index contributed by atoms with van der Waals surface area (Å²) in [6.45, 7) is 0. The van der Waals surface area contributed by atoms with Crippen LogP contribution < -0.4 is 10.5 Å². The minimum Gasteiger partial charge on any atom is -0.398 e. The van der Waals surface area contributed by atoms with Crippen LogP contribution in [0.2, 0.25) is 0 Å². The number of rotatable bonds is 3. The highest BCUT2D eigenvalue weighted by Gasteiger charge is 2.19. The number of halogens is 3. The fourth-order valence-corrected chi connectivity index (χ4v) is 3.72. The number of nitrogens with one attached hydrogen (secondary N) is 1. The van der Waals surface area contributed by atoms with Gasteiger partial charge >= 0.3 is 0 Å². The van der Waals surface area contributed by atoms with E-state index in [0.29, 0.717) is 0 Å². The van der Waals surface area contributed by atoms with E-state index < -0.39 is 27.3 Å². The van der Waals surface area contributed by atoms with Crippen molar-refractivity contribution in [2.45, 2.75) is 4.21 Å². The smallest absolute Gasteiger partial charge is 0.271 e. The predicted octanol–water partition coefficient (Wildman–Crippen LogP) is 3.17. The average Bonchev–Trinajstić information content (AvgIpc) is 2.73. The Morgan fingerprint density at radius 3 is 2.47 bits per heavy atom. The van der Waals surface area contributed by atoms with Gasteiger partial charge < -0.3 is 5.73 Å². The highest BCUT2D eigenvalue weighted by atomic mass is 79.9. The monoisotopic (exact) mass is 368 g/mol. The molecule has 0 atom stereocenters. The van der Waals surface area contributed by atoms with E-state index in [1.54, 1.807) is 0 Å². The Bertz CT molecular complexity index is 731. The molecule has 0 amide bonds. The Labute approximate surface area is 120 Å². The average molecular weight is 369 g/mol. The van der Waals surface area contributed by atoms with Crippen LogP contribution in [0.4, 0.5) is 20.2 Å². The third-order valence-corrected chi connectivity index (χ3v) is 5.55. The van der Waals surface area contributed by atoms with Gasteiger partial charge in [0.05, 0.1) is 10.2 Å².